The van der Waals surface area contributed by atoms with E-state index in [-0.39, 0.29) is 55.4 Å². The predicted molar refractivity (Wildman–Crippen MR) is 218 cm³/mol. The molecular formula is C44H57N3O8S. The number of hydrogen-bond acceptors (Lipinski definition) is 10. The first kappa shape index (κ1) is 41.6. The summed E-state index contributed by atoms with van der Waals surface area (Å²) < 4.78 is 52.6. The highest BCUT2D eigenvalue weighted by Crippen LogP contribution is 2.62. The number of allylic oxidation sites excluding steroid dienone is 1. The van der Waals surface area contributed by atoms with Crippen LogP contribution in [-0.2, 0) is 19.6 Å². The summed E-state index contributed by atoms with van der Waals surface area (Å²) >= 11 is 0. The second-order valence-electron chi connectivity index (χ2n) is 14.7. The molecule has 2 N–H and O–H groups in total. The molecule has 1 aliphatic heterocycles. The Balaban J connectivity index is 1.64. The highest BCUT2D eigenvalue weighted by molar-refractivity contribution is 7.89. The van der Waals surface area contributed by atoms with E-state index in [2.05, 4.69) is 24.2 Å². The summed E-state index contributed by atoms with van der Waals surface area (Å²) in [5.74, 6) is -0.869. The highest BCUT2D eigenvalue weighted by Gasteiger charge is 2.66. The smallest absolute Gasteiger partial charge is 0.245 e. The van der Waals surface area contributed by atoms with Crippen molar-refractivity contribution < 1.29 is 37.7 Å². The lowest BCUT2D eigenvalue weighted by atomic mass is 9.55. The van der Waals surface area contributed by atoms with Crippen molar-refractivity contribution >= 4 is 26.6 Å². The van der Waals surface area contributed by atoms with Crippen LogP contribution in [0.1, 0.15) is 76.7 Å². The van der Waals surface area contributed by atoms with Gasteiger partial charge in [-0.1, -0.05) is 67.9 Å². The lowest BCUT2D eigenvalue weighted by Gasteiger charge is -2.59. The van der Waals surface area contributed by atoms with Gasteiger partial charge in [-0.25, -0.2) is 8.42 Å². The molecule has 302 valence electrons. The quantitative estimate of drug-likeness (QED) is 0.0636. The first-order chi connectivity index (χ1) is 27.3. The molecule has 6 atom stereocenters. The number of unbranched alkanes of at least 4 members (excludes halogenated alkanes) is 2. The first-order valence-corrected chi connectivity index (χ1v) is 21.5. The van der Waals surface area contributed by atoms with E-state index in [9.17, 15) is 10.2 Å². The van der Waals surface area contributed by atoms with E-state index in [0.29, 0.717) is 55.2 Å². The second kappa shape index (κ2) is 18.9. The Bertz CT molecular complexity index is 2000. The Hall–Kier alpha value is -4.07. The summed E-state index contributed by atoms with van der Waals surface area (Å²) in [5.41, 5.74) is 2.91. The van der Waals surface area contributed by atoms with Crippen LogP contribution in [0.25, 0.3) is 10.9 Å². The van der Waals surface area contributed by atoms with Crippen LogP contribution in [0.15, 0.2) is 102 Å². The third-order valence-corrected chi connectivity index (χ3v) is 13.2. The van der Waals surface area contributed by atoms with E-state index >= 15 is 8.42 Å². The van der Waals surface area contributed by atoms with Crippen molar-refractivity contribution in [1.82, 2.24) is 9.29 Å². The lowest BCUT2D eigenvalue weighted by molar-refractivity contribution is -0.251. The van der Waals surface area contributed by atoms with Crippen molar-refractivity contribution in [3.63, 3.8) is 0 Å². The van der Waals surface area contributed by atoms with E-state index in [0.717, 1.165) is 42.2 Å². The van der Waals surface area contributed by atoms with Gasteiger partial charge in [0.15, 0.2) is 0 Å². The summed E-state index contributed by atoms with van der Waals surface area (Å²) in [6.07, 6.45) is 12.5. The van der Waals surface area contributed by atoms with Crippen molar-refractivity contribution in [2.45, 2.75) is 87.9 Å². The number of sulfonamides is 1. The van der Waals surface area contributed by atoms with Crippen LogP contribution in [0.5, 0.6) is 11.5 Å². The summed E-state index contributed by atoms with van der Waals surface area (Å²) in [6, 6.07) is 13.8. The van der Waals surface area contributed by atoms with Crippen LogP contribution in [0.2, 0.25) is 0 Å². The zero-order chi connectivity index (χ0) is 39.7. The molecule has 12 heteroatoms. The summed E-state index contributed by atoms with van der Waals surface area (Å²) in [7, 11) is -4.23. The maximum absolute atomic E-state index is 15.3. The van der Waals surface area contributed by atoms with E-state index in [1.165, 1.54) is 0 Å². The Morgan fingerprint density at radius 2 is 1.79 bits per heavy atom. The van der Waals surface area contributed by atoms with Gasteiger partial charge in [-0.15, -0.1) is 6.58 Å². The summed E-state index contributed by atoms with van der Waals surface area (Å²) in [4.78, 5) is 10.5. The van der Waals surface area contributed by atoms with Gasteiger partial charge in [0, 0.05) is 49.2 Å². The van der Waals surface area contributed by atoms with Crippen molar-refractivity contribution in [3.8, 4) is 11.5 Å². The number of nitrogens with zero attached hydrogens (tertiary/aromatic N) is 3. The molecule has 6 rings (SSSR count). The molecule has 0 amide bonds. The summed E-state index contributed by atoms with van der Waals surface area (Å²) in [6.45, 7) is 12.8. The second-order valence-corrected chi connectivity index (χ2v) is 16.6. The average molecular weight is 788 g/mol. The molecule has 56 heavy (non-hydrogen) atoms. The molecule has 0 spiro atoms. The number of benzene rings is 2. The number of para-hydroxylation sites is 1. The van der Waals surface area contributed by atoms with E-state index in [1.54, 1.807) is 40.9 Å². The summed E-state index contributed by atoms with van der Waals surface area (Å²) in [5, 5.41) is 25.1. The fourth-order valence-electron chi connectivity index (χ4n) is 9.09. The SMILES string of the molecule is C=CCOc1ccc2c(c1)C1C(CCCCO)C(CCCCO)C=C3C(=NOCC)CC(N(CCC)S(=O)(=O)c4cccc5cccnc45)C(OCC=C)(O2)C31. The van der Waals surface area contributed by atoms with Gasteiger partial charge < -0.3 is 29.3 Å². The van der Waals surface area contributed by atoms with Crippen molar-refractivity contribution in [3.05, 3.63) is 97.3 Å². The van der Waals surface area contributed by atoms with Gasteiger partial charge in [0.25, 0.3) is 0 Å². The zero-order valence-corrected chi connectivity index (χ0v) is 33.5. The first-order valence-electron chi connectivity index (χ1n) is 20.1. The third kappa shape index (κ3) is 8.17. The van der Waals surface area contributed by atoms with E-state index in [1.807, 2.05) is 44.2 Å². The van der Waals surface area contributed by atoms with Crippen LogP contribution in [0.3, 0.4) is 0 Å². The minimum Gasteiger partial charge on any atom is -0.490 e. The molecule has 0 saturated heterocycles. The monoisotopic (exact) mass is 787 g/mol. The molecule has 11 nitrogen and oxygen atoms in total. The average Bonchev–Trinajstić information content (AvgIpc) is 3.21. The Morgan fingerprint density at radius 3 is 2.52 bits per heavy atom. The van der Waals surface area contributed by atoms with Crippen LogP contribution in [0.4, 0.5) is 0 Å². The Morgan fingerprint density at radius 1 is 1.02 bits per heavy atom. The number of pyridine rings is 1. The molecule has 2 aromatic carbocycles. The van der Waals surface area contributed by atoms with E-state index in [4.69, 9.17) is 24.2 Å². The van der Waals surface area contributed by atoms with Gasteiger partial charge in [0.2, 0.25) is 15.8 Å². The Labute approximate surface area is 331 Å². The van der Waals surface area contributed by atoms with Gasteiger partial charge in [-0.2, -0.15) is 4.31 Å². The highest BCUT2D eigenvalue weighted by atomic mass is 32.2. The number of oxime groups is 1. The van der Waals surface area contributed by atoms with Gasteiger partial charge in [0.05, 0.1) is 29.8 Å². The van der Waals surface area contributed by atoms with E-state index < -0.39 is 27.8 Å². The molecule has 2 heterocycles. The minimum absolute atomic E-state index is 0.0450. The van der Waals surface area contributed by atoms with Crippen LogP contribution >= 0.6 is 0 Å². The predicted octanol–water partition coefficient (Wildman–Crippen LogP) is 7.55. The normalized spacial score (nSPS) is 24.9. The largest absolute Gasteiger partial charge is 0.490 e. The van der Waals surface area contributed by atoms with Gasteiger partial charge in [0.1, 0.15) is 29.6 Å². The fraction of sp³-hybridized carbons (Fsp3) is 0.500. The number of fused-ring (bicyclic) bond motifs is 3. The standard InChI is InChI=1S/C44H57N3O8S/c1-5-23-47(56(50,51)39-19-13-16-31-17-14-22-45-43(31)39)40-30-37(46-54-8-4)35-28-32(15-9-11-24-48)34(18-10-12-25-49)41-36-29-33(52-26-6-2)20-21-38(36)55-44(40,42(35)41)53-27-7-3/h6-7,13-14,16-17,19-22,28-29,32,34,40-42,48-49H,2-3,5,8-12,15,18,23-27,30H2,1,4H3. The topological polar surface area (TPSA) is 140 Å². The number of hydrogen-bond donors (Lipinski definition) is 2. The molecule has 1 fully saturated rings. The maximum Gasteiger partial charge on any atom is 0.245 e. The van der Waals surface area contributed by atoms with Crippen molar-refractivity contribution in [1.29, 1.82) is 0 Å². The number of aliphatic hydroxyl groups excluding tert-OH is 2. The van der Waals surface area contributed by atoms with Gasteiger partial charge in [-0.3, -0.25) is 4.98 Å². The molecule has 0 bridgehead atoms. The number of aromatic nitrogens is 1. The minimum atomic E-state index is -4.23. The molecule has 6 unspecified atom stereocenters. The number of aliphatic hydroxyl groups is 2. The molecule has 0 radical (unpaired) electrons. The molecule has 3 aromatic rings. The van der Waals surface area contributed by atoms with Crippen molar-refractivity contribution in [2.75, 3.05) is 39.6 Å². The van der Waals surface area contributed by atoms with Crippen LogP contribution in [-0.4, -0.2) is 85.0 Å². The number of rotatable bonds is 21. The number of ether oxygens (including phenoxy) is 3. The maximum atomic E-state index is 15.3. The molecule has 3 aliphatic rings. The van der Waals surface area contributed by atoms with Crippen molar-refractivity contribution in [2.24, 2.45) is 22.9 Å². The molecule has 1 aromatic heterocycles. The molecular weight excluding hydrogens is 731 g/mol. The fourth-order valence-corrected chi connectivity index (χ4v) is 11.0. The third-order valence-electron chi connectivity index (χ3n) is 11.3. The Kier molecular flexibility index (Phi) is 14.0. The van der Waals surface area contributed by atoms with Crippen LogP contribution in [0, 0.1) is 17.8 Å². The van der Waals surface area contributed by atoms with Gasteiger partial charge >= 0.3 is 0 Å². The van der Waals surface area contributed by atoms with Gasteiger partial charge in [-0.05, 0) is 86.8 Å². The lowest BCUT2D eigenvalue weighted by Crippen LogP contribution is -2.70. The molecule has 2 aliphatic carbocycles. The van der Waals surface area contributed by atoms with Crippen LogP contribution < -0.4 is 9.47 Å². The zero-order valence-electron chi connectivity index (χ0n) is 32.7. The molecule has 1 saturated carbocycles.